The lowest BCUT2D eigenvalue weighted by Gasteiger charge is -2.44. The van der Waals surface area contributed by atoms with E-state index in [9.17, 15) is 14.4 Å². The maximum atomic E-state index is 12.4. The van der Waals surface area contributed by atoms with Crippen molar-refractivity contribution in [2.45, 2.75) is 39.5 Å². The second-order valence-corrected chi connectivity index (χ2v) is 5.53. The maximum Gasteiger partial charge on any atom is 0.330 e. The minimum absolute atomic E-state index is 0.294. The lowest BCUT2D eigenvalue weighted by atomic mass is 9.66. The van der Waals surface area contributed by atoms with Gasteiger partial charge < -0.3 is 4.90 Å². The summed E-state index contributed by atoms with van der Waals surface area (Å²) >= 11 is 0. The highest BCUT2D eigenvalue weighted by Crippen LogP contribution is 2.44. The highest BCUT2D eigenvalue weighted by molar-refractivity contribution is 6.19. The van der Waals surface area contributed by atoms with Crippen molar-refractivity contribution in [3.05, 3.63) is 0 Å². The third-order valence-electron chi connectivity index (χ3n) is 4.51. The molecule has 1 aliphatic carbocycles. The molecule has 6 heteroatoms. The van der Waals surface area contributed by atoms with Gasteiger partial charge in [0.2, 0.25) is 11.8 Å². The predicted octanol–water partition coefficient (Wildman–Crippen LogP) is 0.967. The zero-order chi connectivity index (χ0) is 14.8. The maximum absolute atomic E-state index is 12.4. The quantitative estimate of drug-likeness (QED) is 0.736. The Bertz CT molecular complexity index is 414. The van der Waals surface area contributed by atoms with E-state index in [0.717, 1.165) is 32.5 Å². The Morgan fingerprint density at radius 2 is 1.85 bits per heavy atom. The average Bonchev–Trinajstić information content (AvgIpc) is 2.36. The lowest BCUT2D eigenvalue weighted by Crippen LogP contribution is -2.66. The fourth-order valence-electron chi connectivity index (χ4n) is 2.90. The lowest BCUT2D eigenvalue weighted by molar-refractivity contribution is -0.157. The molecule has 1 saturated carbocycles. The van der Waals surface area contributed by atoms with Crippen molar-refractivity contribution in [3.63, 3.8) is 0 Å². The van der Waals surface area contributed by atoms with Crippen LogP contribution in [0.4, 0.5) is 4.79 Å². The number of urea groups is 1. The van der Waals surface area contributed by atoms with Crippen molar-refractivity contribution in [2.75, 3.05) is 26.2 Å². The molecule has 0 aromatic rings. The Kier molecular flexibility index (Phi) is 4.42. The van der Waals surface area contributed by atoms with E-state index in [-0.39, 0.29) is 5.91 Å². The summed E-state index contributed by atoms with van der Waals surface area (Å²) in [5, 5.41) is 2.33. The van der Waals surface area contributed by atoms with Crippen LogP contribution >= 0.6 is 0 Å². The van der Waals surface area contributed by atoms with Crippen molar-refractivity contribution in [1.29, 1.82) is 0 Å². The number of nitrogens with zero attached hydrogens (tertiary/aromatic N) is 2. The first-order valence-electron chi connectivity index (χ1n) is 7.45. The Morgan fingerprint density at radius 3 is 2.35 bits per heavy atom. The van der Waals surface area contributed by atoms with E-state index in [1.165, 1.54) is 4.90 Å². The number of amides is 4. The van der Waals surface area contributed by atoms with Gasteiger partial charge in [0.25, 0.3) is 0 Å². The van der Waals surface area contributed by atoms with Crippen molar-refractivity contribution in [2.24, 2.45) is 5.41 Å². The average molecular weight is 281 g/mol. The Morgan fingerprint density at radius 1 is 1.20 bits per heavy atom. The zero-order valence-electron chi connectivity index (χ0n) is 12.3. The first kappa shape index (κ1) is 15.0. The third-order valence-corrected chi connectivity index (χ3v) is 4.51. The minimum atomic E-state index is -0.941. The van der Waals surface area contributed by atoms with Crippen LogP contribution in [0, 0.1) is 5.41 Å². The molecule has 0 radical (unpaired) electrons. The molecule has 1 N–H and O–H groups in total. The van der Waals surface area contributed by atoms with Gasteiger partial charge >= 0.3 is 6.03 Å². The molecule has 2 rings (SSSR count). The van der Waals surface area contributed by atoms with Crippen LogP contribution in [0.15, 0.2) is 0 Å². The second-order valence-electron chi connectivity index (χ2n) is 5.53. The summed E-state index contributed by atoms with van der Waals surface area (Å²) in [5.41, 5.74) is -0.941. The fraction of sp³-hybridized carbons (Fsp3) is 0.786. The molecule has 4 amide bonds. The van der Waals surface area contributed by atoms with Crippen molar-refractivity contribution in [3.8, 4) is 0 Å². The Hall–Kier alpha value is -1.43. The van der Waals surface area contributed by atoms with Gasteiger partial charge in [0.05, 0.1) is 0 Å². The van der Waals surface area contributed by atoms with Crippen molar-refractivity contribution >= 4 is 17.8 Å². The summed E-state index contributed by atoms with van der Waals surface area (Å²) in [6.45, 7) is 7.33. The molecule has 6 nitrogen and oxygen atoms in total. The van der Waals surface area contributed by atoms with Crippen LogP contribution in [0.1, 0.15) is 39.5 Å². The van der Waals surface area contributed by atoms with Crippen LogP contribution in [0.25, 0.3) is 0 Å². The number of hydrogen-bond donors (Lipinski definition) is 1. The van der Waals surface area contributed by atoms with E-state index in [2.05, 4.69) is 24.1 Å². The van der Waals surface area contributed by atoms with E-state index in [0.29, 0.717) is 19.4 Å². The third kappa shape index (κ3) is 2.44. The summed E-state index contributed by atoms with van der Waals surface area (Å²) in [7, 11) is 0. The van der Waals surface area contributed by atoms with Crippen LogP contribution in [0.2, 0.25) is 0 Å². The van der Waals surface area contributed by atoms with Gasteiger partial charge in [-0.25, -0.2) is 4.79 Å². The van der Waals surface area contributed by atoms with Gasteiger partial charge in [-0.2, -0.15) is 0 Å². The molecule has 1 aliphatic heterocycles. The molecule has 1 saturated heterocycles. The summed E-state index contributed by atoms with van der Waals surface area (Å²) in [4.78, 5) is 39.5. The number of imide groups is 2. The SMILES string of the molecule is CCN(CC)CCCN1C(=O)NC(=O)C2(CCC2)C1=O. The number of nitrogens with one attached hydrogen (secondary N) is 1. The molecule has 2 fully saturated rings. The van der Waals surface area contributed by atoms with Crippen molar-refractivity contribution in [1.82, 2.24) is 15.1 Å². The predicted molar refractivity (Wildman–Crippen MR) is 73.9 cm³/mol. The summed E-state index contributed by atoms with van der Waals surface area (Å²) in [5.74, 6) is -0.698. The van der Waals surface area contributed by atoms with Gasteiger partial charge in [-0.1, -0.05) is 20.3 Å². The van der Waals surface area contributed by atoms with Gasteiger partial charge in [0.15, 0.2) is 0 Å². The van der Waals surface area contributed by atoms with E-state index in [4.69, 9.17) is 0 Å². The standard InChI is InChI=1S/C14H23N3O3/c1-3-16(4-2)9-6-10-17-12(19)14(7-5-8-14)11(18)15-13(17)20/h3-10H2,1-2H3,(H,15,18,20). The first-order valence-corrected chi connectivity index (χ1v) is 7.45. The smallest absolute Gasteiger partial charge is 0.304 e. The molecule has 0 unspecified atom stereocenters. The van der Waals surface area contributed by atoms with Crippen LogP contribution in [0.5, 0.6) is 0 Å². The van der Waals surface area contributed by atoms with Gasteiger partial charge in [0, 0.05) is 6.54 Å². The molecule has 112 valence electrons. The number of rotatable bonds is 6. The number of carbonyl (C=O) groups is 3. The fourth-order valence-corrected chi connectivity index (χ4v) is 2.90. The van der Waals surface area contributed by atoms with Crippen LogP contribution in [-0.2, 0) is 9.59 Å². The van der Waals surface area contributed by atoms with Gasteiger partial charge in [-0.3, -0.25) is 19.8 Å². The highest BCUT2D eigenvalue weighted by Gasteiger charge is 2.57. The number of barbiturate groups is 1. The van der Waals surface area contributed by atoms with E-state index >= 15 is 0 Å². The molecule has 0 aromatic heterocycles. The van der Waals surface area contributed by atoms with E-state index < -0.39 is 17.4 Å². The number of carbonyl (C=O) groups excluding carboxylic acids is 3. The minimum Gasteiger partial charge on any atom is -0.304 e. The number of hydrogen-bond acceptors (Lipinski definition) is 4. The van der Waals surface area contributed by atoms with Crippen molar-refractivity contribution < 1.29 is 14.4 Å². The first-order chi connectivity index (χ1) is 9.55. The molecule has 1 heterocycles. The Balaban J connectivity index is 1.95. The monoisotopic (exact) mass is 281 g/mol. The molecule has 0 bridgehead atoms. The van der Waals surface area contributed by atoms with E-state index in [1.807, 2.05) is 0 Å². The molecule has 20 heavy (non-hydrogen) atoms. The zero-order valence-corrected chi connectivity index (χ0v) is 12.3. The summed E-state index contributed by atoms with van der Waals surface area (Å²) in [6.07, 6.45) is 2.75. The van der Waals surface area contributed by atoms with Crippen LogP contribution < -0.4 is 5.32 Å². The van der Waals surface area contributed by atoms with Crippen LogP contribution in [-0.4, -0.2) is 53.8 Å². The van der Waals surface area contributed by atoms with E-state index in [1.54, 1.807) is 0 Å². The largest absolute Gasteiger partial charge is 0.330 e. The normalized spacial score (nSPS) is 21.4. The van der Waals surface area contributed by atoms with Crippen LogP contribution in [0.3, 0.4) is 0 Å². The molecule has 2 aliphatic rings. The summed E-state index contributed by atoms with van der Waals surface area (Å²) < 4.78 is 0. The summed E-state index contributed by atoms with van der Waals surface area (Å²) in [6, 6.07) is -0.558. The molecule has 0 aromatic carbocycles. The molecular weight excluding hydrogens is 258 g/mol. The topological polar surface area (TPSA) is 69.7 Å². The Labute approximate surface area is 119 Å². The second kappa shape index (κ2) is 5.91. The van der Waals surface area contributed by atoms with Gasteiger partial charge in [-0.05, 0) is 38.9 Å². The van der Waals surface area contributed by atoms with Gasteiger partial charge in [0.1, 0.15) is 5.41 Å². The molecule has 0 atom stereocenters. The highest BCUT2D eigenvalue weighted by atomic mass is 16.2. The molecule has 1 spiro atoms. The molecular formula is C14H23N3O3. The van der Waals surface area contributed by atoms with Gasteiger partial charge in [-0.15, -0.1) is 0 Å².